The van der Waals surface area contributed by atoms with Gasteiger partial charge in [0.1, 0.15) is 5.82 Å². The average Bonchev–Trinajstić information content (AvgIpc) is 1.77. The summed E-state index contributed by atoms with van der Waals surface area (Å²) in [6, 6.07) is 0. The van der Waals surface area contributed by atoms with Crippen LogP contribution in [0, 0.1) is 0 Å². The van der Waals surface area contributed by atoms with Crippen LogP contribution in [-0.2, 0) is 4.57 Å². The third-order valence-electron chi connectivity index (χ3n) is 0.770. The number of phosphoric acid groups is 1. The van der Waals surface area contributed by atoms with Crippen molar-refractivity contribution in [2.45, 2.75) is 0 Å². The molecule has 0 spiro atoms. The molecule has 11 heteroatoms. The molecular weight excluding hydrogens is 215 g/mol. The first kappa shape index (κ1) is 12.7. The van der Waals surface area contributed by atoms with E-state index in [-0.39, 0.29) is 5.84 Å². The molecule has 0 aromatic carbocycles. The van der Waals surface area contributed by atoms with Gasteiger partial charge < -0.3 is 26.1 Å². The van der Waals surface area contributed by atoms with Crippen molar-refractivity contribution in [3.05, 3.63) is 11.9 Å². The van der Waals surface area contributed by atoms with E-state index in [1.54, 1.807) is 0 Å². The third kappa shape index (κ3) is 8.77. The SMILES string of the molecule is NC1=CC(N)=NN(N)N1.O=P(O)(O)O. The number of rotatable bonds is 0. The van der Waals surface area contributed by atoms with E-state index in [4.69, 9.17) is 36.6 Å². The quantitative estimate of drug-likeness (QED) is 0.165. The van der Waals surface area contributed by atoms with E-state index >= 15 is 0 Å². The summed E-state index contributed by atoms with van der Waals surface area (Å²) >= 11 is 0. The summed E-state index contributed by atoms with van der Waals surface area (Å²) in [6.07, 6.45) is 1.48. The van der Waals surface area contributed by atoms with Gasteiger partial charge in [-0.2, -0.15) is 0 Å². The molecule has 0 amide bonds. The normalized spacial score (nSPS) is 15.9. The number of nitrogens with two attached hydrogens (primary N) is 3. The first-order valence-electron chi connectivity index (χ1n) is 3.09. The maximum absolute atomic E-state index is 8.88. The lowest BCUT2D eigenvalue weighted by atomic mass is 10.5. The summed E-state index contributed by atoms with van der Waals surface area (Å²) < 4.78 is 8.88. The number of nitrogens with zero attached hydrogens (tertiary/aromatic N) is 2. The lowest BCUT2D eigenvalue weighted by Crippen LogP contribution is -2.45. The molecule has 0 saturated carbocycles. The van der Waals surface area contributed by atoms with Crippen LogP contribution in [0.2, 0.25) is 0 Å². The summed E-state index contributed by atoms with van der Waals surface area (Å²) in [5.74, 6) is 5.81. The zero-order valence-corrected chi connectivity index (χ0v) is 7.80. The number of amidine groups is 1. The van der Waals surface area contributed by atoms with E-state index in [2.05, 4.69) is 10.5 Å². The summed E-state index contributed by atoms with van der Waals surface area (Å²) in [6.45, 7) is 0. The highest BCUT2D eigenvalue weighted by molar-refractivity contribution is 7.45. The molecule has 14 heavy (non-hydrogen) atoms. The molecule has 1 aliphatic heterocycles. The molecule has 0 bridgehead atoms. The van der Waals surface area contributed by atoms with Gasteiger partial charge in [0.05, 0.1) is 0 Å². The zero-order valence-electron chi connectivity index (χ0n) is 6.90. The van der Waals surface area contributed by atoms with Crippen LogP contribution in [0.25, 0.3) is 0 Å². The highest BCUT2D eigenvalue weighted by Crippen LogP contribution is 2.25. The Morgan fingerprint density at radius 1 is 1.43 bits per heavy atom. The van der Waals surface area contributed by atoms with Crippen LogP contribution in [0.4, 0.5) is 0 Å². The number of nitrogens with one attached hydrogen (secondary N) is 1. The van der Waals surface area contributed by atoms with Gasteiger partial charge in [0, 0.05) is 6.08 Å². The van der Waals surface area contributed by atoms with Gasteiger partial charge in [-0.25, -0.2) is 10.4 Å². The molecule has 0 saturated heterocycles. The molecule has 0 unspecified atom stereocenters. The Hall–Kier alpha value is -1.32. The number of hydrazine groups is 2. The molecule has 10 nitrogen and oxygen atoms in total. The molecule has 0 atom stereocenters. The fourth-order valence-corrected chi connectivity index (χ4v) is 0.502. The van der Waals surface area contributed by atoms with Gasteiger partial charge in [-0.05, 0) is 0 Å². The predicted octanol–water partition coefficient (Wildman–Crippen LogP) is -3.18. The Kier molecular flexibility index (Phi) is 4.34. The maximum atomic E-state index is 8.88. The van der Waals surface area contributed by atoms with Crippen molar-refractivity contribution in [1.82, 2.24) is 10.7 Å². The number of hydrogen-bond acceptors (Lipinski definition) is 7. The van der Waals surface area contributed by atoms with Gasteiger partial charge in [-0.15, -0.1) is 10.3 Å². The molecular formula is C3H11N6O4P. The summed E-state index contributed by atoms with van der Waals surface area (Å²) in [5.41, 5.74) is 13.0. The van der Waals surface area contributed by atoms with Crippen LogP contribution in [0.15, 0.2) is 17.0 Å². The molecule has 0 fully saturated rings. The smallest absolute Gasteiger partial charge is 0.384 e. The Labute approximate surface area is 78.8 Å². The topological polar surface area (TPSA) is 183 Å². The standard InChI is InChI=1S/C3H8N6.H3O4P/c4-2-1-3(5)8-9(6)7-2;1-5(2,3)4/h1,7H,4,6H2,(H2,5,8);(H3,1,2,3,4). The van der Waals surface area contributed by atoms with Crippen molar-refractivity contribution in [2.24, 2.45) is 22.4 Å². The van der Waals surface area contributed by atoms with E-state index in [1.165, 1.54) is 6.08 Å². The summed E-state index contributed by atoms with van der Waals surface area (Å²) in [4.78, 5) is 21.6. The van der Waals surface area contributed by atoms with Crippen LogP contribution in [0.5, 0.6) is 0 Å². The fourth-order valence-electron chi connectivity index (χ4n) is 0.502. The van der Waals surface area contributed by atoms with Gasteiger partial charge in [0.2, 0.25) is 0 Å². The summed E-state index contributed by atoms with van der Waals surface area (Å²) in [5, 5.41) is 4.52. The minimum absolute atomic E-state index is 0.286. The van der Waals surface area contributed by atoms with Crippen molar-refractivity contribution < 1.29 is 19.2 Å². The Balaban J connectivity index is 0.000000292. The monoisotopic (exact) mass is 226 g/mol. The minimum atomic E-state index is -4.64. The molecule has 0 aromatic rings. The average molecular weight is 226 g/mol. The van der Waals surface area contributed by atoms with Gasteiger partial charge in [-0.3, -0.25) is 5.43 Å². The largest absolute Gasteiger partial charge is 0.466 e. The van der Waals surface area contributed by atoms with Crippen LogP contribution < -0.4 is 22.7 Å². The van der Waals surface area contributed by atoms with Crippen molar-refractivity contribution in [2.75, 3.05) is 0 Å². The van der Waals surface area contributed by atoms with Gasteiger partial charge in [-0.1, -0.05) is 0 Å². The van der Waals surface area contributed by atoms with Crippen molar-refractivity contribution in [3.63, 3.8) is 0 Å². The van der Waals surface area contributed by atoms with E-state index in [9.17, 15) is 0 Å². The molecule has 0 aromatic heterocycles. The molecule has 1 heterocycles. The lowest BCUT2D eigenvalue weighted by molar-refractivity contribution is 0.224. The highest BCUT2D eigenvalue weighted by Gasteiger charge is 2.02. The number of hydrogen-bond donors (Lipinski definition) is 7. The van der Waals surface area contributed by atoms with E-state index in [0.717, 1.165) is 5.23 Å². The first-order valence-corrected chi connectivity index (χ1v) is 4.66. The predicted molar refractivity (Wildman–Crippen MR) is 47.3 cm³/mol. The van der Waals surface area contributed by atoms with Gasteiger partial charge in [0.15, 0.2) is 5.84 Å². The minimum Gasteiger partial charge on any atom is -0.384 e. The molecule has 1 rings (SSSR count). The molecule has 10 N–H and O–H groups in total. The molecule has 0 radical (unpaired) electrons. The van der Waals surface area contributed by atoms with E-state index < -0.39 is 7.82 Å². The Bertz CT molecular complexity index is 287. The van der Waals surface area contributed by atoms with Crippen LogP contribution in [-0.4, -0.2) is 25.7 Å². The van der Waals surface area contributed by atoms with E-state index in [1.807, 2.05) is 0 Å². The van der Waals surface area contributed by atoms with Gasteiger partial charge >= 0.3 is 7.82 Å². The first-order chi connectivity index (χ1) is 6.18. The van der Waals surface area contributed by atoms with Crippen molar-refractivity contribution in [1.29, 1.82) is 0 Å². The Morgan fingerprint density at radius 2 is 1.86 bits per heavy atom. The van der Waals surface area contributed by atoms with Crippen molar-refractivity contribution in [3.8, 4) is 0 Å². The van der Waals surface area contributed by atoms with E-state index in [0.29, 0.717) is 5.82 Å². The lowest BCUT2D eigenvalue weighted by Gasteiger charge is -2.18. The van der Waals surface area contributed by atoms with Crippen LogP contribution in [0.1, 0.15) is 0 Å². The van der Waals surface area contributed by atoms with Crippen LogP contribution in [0.3, 0.4) is 0 Å². The zero-order chi connectivity index (χ0) is 11.4. The maximum Gasteiger partial charge on any atom is 0.466 e. The third-order valence-corrected chi connectivity index (χ3v) is 0.770. The second-order valence-electron chi connectivity index (χ2n) is 2.09. The second-order valence-corrected chi connectivity index (χ2v) is 3.12. The molecule has 1 aliphatic rings. The second kappa shape index (κ2) is 4.79. The summed E-state index contributed by atoms with van der Waals surface area (Å²) in [7, 11) is -4.64. The Morgan fingerprint density at radius 3 is 2.14 bits per heavy atom. The molecule has 82 valence electrons. The highest BCUT2D eigenvalue weighted by atomic mass is 31.2. The van der Waals surface area contributed by atoms with Crippen LogP contribution >= 0.6 is 7.82 Å². The number of hydrazone groups is 1. The molecule has 0 aliphatic carbocycles. The fraction of sp³-hybridized carbons (Fsp3) is 0. The van der Waals surface area contributed by atoms with Gasteiger partial charge in [0.25, 0.3) is 0 Å². The van der Waals surface area contributed by atoms with Crippen molar-refractivity contribution >= 4 is 13.7 Å².